The number of rotatable bonds is 10. The van der Waals surface area contributed by atoms with E-state index in [2.05, 4.69) is 38.3 Å². The molecule has 0 fully saturated rings. The Bertz CT molecular complexity index is 754. The van der Waals surface area contributed by atoms with Gasteiger partial charge in [0.15, 0.2) is 0 Å². The molecule has 0 aliphatic rings. The lowest BCUT2D eigenvalue weighted by molar-refractivity contribution is 0.793. The number of nitrogens with one attached hydrogen (secondary N) is 4. The van der Waals surface area contributed by atoms with Gasteiger partial charge in [0.25, 0.3) is 0 Å². The molecule has 7 nitrogen and oxygen atoms in total. The van der Waals surface area contributed by atoms with E-state index in [1.165, 1.54) is 0 Å². The Hall–Kier alpha value is -3.16. The third-order valence-corrected chi connectivity index (χ3v) is 3.42. The number of hydrogen-bond acceptors (Lipinski definition) is 7. The molecule has 0 atom stereocenters. The molecule has 0 saturated heterocycles. The monoisotopic (exact) mass is 351 g/mol. The molecule has 0 bridgehead atoms. The average Bonchev–Trinajstić information content (AvgIpc) is 2.65. The zero-order chi connectivity index (χ0) is 18.6. The van der Waals surface area contributed by atoms with E-state index in [1.54, 1.807) is 12.1 Å². The van der Waals surface area contributed by atoms with Crippen LogP contribution in [0, 0.1) is 0 Å². The molecule has 1 aromatic carbocycles. The number of hydrogen-bond donors (Lipinski definition) is 5. The third-order valence-electron chi connectivity index (χ3n) is 3.42. The molecule has 0 spiro atoms. The summed E-state index contributed by atoms with van der Waals surface area (Å²) >= 11 is 0. The lowest BCUT2D eigenvalue weighted by Crippen LogP contribution is -2.26. The van der Waals surface area contributed by atoms with Gasteiger partial charge in [0, 0.05) is 19.2 Å². The van der Waals surface area contributed by atoms with Gasteiger partial charge in [-0.2, -0.15) is 9.97 Å². The van der Waals surface area contributed by atoms with Gasteiger partial charge in [0.2, 0.25) is 5.95 Å². The number of aromatic nitrogens is 2. The number of nitrogens with zero attached hydrogens (tertiary/aromatic N) is 2. The van der Waals surface area contributed by atoms with Gasteiger partial charge >= 0.3 is 0 Å². The highest BCUT2D eigenvalue weighted by Gasteiger charge is 2.02. The molecule has 2 rings (SSSR count). The predicted molar refractivity (Wildman–Crippen MR) is 108 cm³/mol. The van der Waals surface area contributed by atoms with Crippen molar-refractivity contribution < 1.29 is 0 Å². The zero-order valence-corrected chi connectivity index (χ0v) is 14.9. The minimum atomic E-state index is 0.179. The molecule has 0 aliphatic heterocycles. The van der Waals surface area contributed by atoms with Crippen molar-refractivity contribution in [1.82, 2.24) is 20.8 Å². The van der Waals surface area contributed by atoms with Crippen LogP contribution in [0.4, 0.5) is 17.6 Å². The highest BCUT2D eigenvalue weighted by Crippen LogP contribution is 2.11. The minimum absolute atomic E-state index is 0.179. The van der Waals surface area contributed by atoms with Crippen LogP contribution >= 0.6 is 0 Å². The first-order chi connectivity index (χ1) is 12.7. The number of nitrogens with two attached hydrogens (primary N) is 1. The molecular formula is C19H25N7. The molecule has 0 radical (unpaired) electrons. The minimum Gasteiger partial charge on any atom is -0.368 e. The van der Waals surface area contributed by atoms with Crippen LogP contribution in [-0.4, -0.2) is 16.5 Å². The Morgan fingerprint density at radius 2 is 1.81 bits per heavy atom. The van der Waals surface area contributed by atoms with Crippen LogP contribution < -0.4 is 27.4 Å². The summed E-state index contributed by atoms with van der Waals surface area (Å²) in [5, 5.41) is 0. The van der Waals surface area contributed by atoms with E-state index in [0.717, 1.165) is 11.1 Å². The largest absolute Gasteiger partial charge is 0.368 e. The van der Waals surface area contributed by atoms with Crippen molar-refractivity contribution in [1.29, 1.82) is 0 Å². The number of benzene rings is 1. The Morgan fingerprint density at radius 3 is 2.46 bits per heavy atom. The maximum absolute atomic E-state index is 5.77. The summed E-state index contributed by atoms with van der Waals surface area (Å²) in [6.45, 7) is 6.93. The highest BCUT2D eigenvalue weighted by atomic mass is 15.4. The summed E-state index contributed by atoms with van der Waals surface area (Å²) in [5.41, 5.74) is 20.3. The highest BCUT2D eigenvalue weighted by molar-refractivity contribution is 5.50. The van der Waals surface area contributed by atoms with Crippen molar-refractivity contribution in [3.05, 3.63) is 78.4 Å². The molecule has 0 unspecified atom stereocenters. The molecule has 136 valence electrons. The number of anilines is 3. The Kier molecular flexibility index (Phi) is 7.85. The van der Waals surface area contributed by atoms with E-state index in [1.807, 2.05) is 55.5 Å². The topological polar surface area (TPSA) is 99.9 Å². The second-order valence-electron chi connectivity index (χ2n) is 5.40. The first kappa shape index (κ1) is 19.2. The summed E-state index contributed by atoms with van der Waals surface area (Å²) in [4.78, 5) is 8.31. The number of hydrazine groups is 2. The van der Waals surface area contributed by atoms with Crippen LogP contribution in [-0.2, 0) is 6.54 Å². The van der Waals surface area contributed by atoms with Crippen LogP contribution in [0.1, 0.15) is 12.5 Å². The van der Waals surface area contributed by atoms with Crippen molar-refractivity contribution in [3.8, 4) is 0 Å². The van der Waals surface area contributed by atoms with Gasteiger partial charge in [-0.05, 0) is 18.1 Å². The van der Waals surface area contributed by atoms with Crippen LogP contribution in [0.15, 0.2) is 72.9 Å². The van der Waals surface area contributed by atoms with Crippen LogP contribution in [0.25, 0.3) is 0 Å². The second kappa shape index (κ2) is 10.7. The molecule has 1 aromatic heterocycles. The summed E-state index contributed by atoms with van der Waals surface area (Å²) < 4.78 is 0. The number of allylic oxidation sites excluding steroid dienone is 3. The average molecular weight is 351 g/mol. The van der Waals surface area contributed by atoms with Crippen molar-refractivity contribution in [2.24, 2.45) is 0 Å². The normalized spacial score (nSPS) is 11.5. The predicted octanol–water partition coefficient (Wildman–Crippen LogP) is 2.78. The quantitative estimate of drug-likeness (QED) is 0.331. The van der Waals surface area contributed by atoms with Gasteiger partial charge in [-0.1, -0.05) is 61.2 Å². The number of nitrogen functional groups attached to an aromatic ring is 1. The summed E-state index contributed by atoms with van der Waals surface area (Å²) in [6, 6.07) is 11.8. The van der Waals surface area contributed by atoms with Crippen LogP contribution in [0.2, 0.25) is 0 Å². The van der Waals surface area contributed by atoms with E-state index in [0.29, 0.717) is 24.7 Å². The summed E-state index contributed by atoms with van der Waals surface area (Å²) in [6.07, 6.45) is 7.63. The molecule has 7 heteroatoms. The summed E-state index contributed by atoms with van der Waals surface area (Å²) in [5.74, 6) is 1.33. The van der Waals surface area contributed by atoms with Crippen molar-refractivity contribution in [2.45, 2.75) is 13.5 Å². The Morgan fingerprint density at radius 1 is 1.12 bits per heavy atom. The summed E-state index contributed by atoms with van der Waals surface area (Å²) in [7, 11) is 0. The maximum Gasteiger partial charge on any atom is 0.224 e. The van der Waals surface area contributed by atoms with Gasteiger partial charge in [0.1, 0.15) is 11.6 Å². The fourth-order valence-electron chi connectivity index (χ4n) is 2.11. The molecule has 6 N–H and O–H groups in total. The van der Waals surface area contributed by atoms with Gasteiger partial charge in [0.05, 0.1) is 0 Å². The standard InChI is InChI=1S/C19H25N7/c1-3-5-9-15(4-2)13-21-25-17-12-18(24-19(20)23-17)26-22-14-16-10-7-6-8-11-16/h3-12,21-22H,1,13-14H2,2H3,(H4,20,23,24,25,26)/b9-5-,15-4+. The Labute approximate surface area is 154 Å². The molecule has 0 amide bonds. The van der Waals surface area contributed by atoms with E-state index >= 15 is 0 Å². The molecule has 2 aromatic rings. The van der Waals surface area contributed by atoms with Gasteiger partial charge in [-0.3, -0.25) is 0 Å². The molecule has 0 aliphatic carbocycles. The van der Waals surface area contributed by atoms with E-state index < -0.39 is 0 Å². The smallest absolute Gasteiger partial charge is 0.224 e. The SMILES string of the molecule is C=C/C=C\C(=C/C)CNNc1cc(NNCc2ccccc2)nc(N)n1. The molecule has 0 saturated carbocycles. The lowest BCUT2D eigenvalue weighted by Gasteiger charge is -2.12. The fourth-order valence-corrected chi connectivity index (χ4v) is 2.11. The maximum atomic E-state index is 5.77. The first-order valence-corrected chi connectivity index (χ1v) is 8.31. The fraction of sp³-hybridized carbons (Fsp3) is 0.158. The van der Waals surface area contributed by atoms with Crippen molar-refractivity contribution in [3.63, 3.8) is 0 Å². The lowest BCUT2D eigenvalue weighted by atomic mass is 10.2. The van der Waals surface area contributed by atoms with E-state index in [4.69, 9.17) is 5.73 Å². The van der Waals surface area contributed by atoms with E-state index in [-0.39, 0.29) is 5.95 Å². The van der Waals surface area contributed by atoms with Gasteiger partial charge < -0.3 is 16.6 Å². The van der Waals surface area contributed by atoms with Gasteiger partial charge in [-0.25, -0.2) is 10.9 Å². The zero-order valence-electron chi connectivity index (χ0n) is 14.9. The first-order valence-electron chi connectivity index (χ1n) is 8.31. The Balaban J connectivity index is 1.86. The van der Waals surface area contributed by atoms with Gasteiger partial charge in [-0.15, -0.1) is 0 Å². The molecule has 26 heavy (non-hydrogen) atoms. The van der Waals surface area contributed by atoms with Crippen LogP contribution in [0.3, 0.4) is 0 Å². The van der Waals surface area contributed by atoms with Crippen molar-refractivity contribution >= 4 is 17.6 Å². The van der Waals surface area contributed by atoms with Crippen LogP contribution in [0.5, 0.6) is 0 Å². The van der Waals surface area contributed by atoms with Crippen molar-refractivity contribution in [2.75, 3.05) is 23.1 Å². The molecular weight excluding hydrogens is 326 g/mol. The van der Waals surface area contributed by atoms with E-state index in [9.17, 15) is 0 Å². The second-order valence-corrected chi connectivity index (χ2v) is 5.40. The third kappa shape index (κ3) is 6.76. The molecule has 1 heterocycles.